The minimum atomic E-state index is -0.347. The van der Waals surface area contributed by atoms with Crippen molar-refractivity contribution in [3.8, 4) is 0 Å². The van der Waals surface area contributed by atoms with Gasteiger partial charge in [-0.2, -0.15) is 4.98 Å². The predicted octanol–water partition coefficient (Wildman–Crippen LogP) is 2.02. The lowest BCUT2D eigenvalue weighted by Gasteiger charge is -2.03. The number of aromatic nitrogens is 4. The van der Waals surface area contributed by atoms with E-state index in [0.29, 0.717) is 17.3 Å². The molecule has 2 heterocycles. The molecule has 0 saturated heterocycles. The molecule has 1 N–H and O–H groups in total. The van der Waals surface area contributed by atoms with Crippen molar-refractivity contribution in [2.45, 2.75) is 13.5 Å². The van der Waals surface area contributed by atoms with Crippen LogP contribution >= 0.6 is 11.6 Å². The van der Waals surface area contributed by atoms with Gasteiger partial charge in [0.2, 0.25) is 5.82 Å². The molecule has 0 atom stereocenters. The van der Waals surface area contributed by atoms with Crippen molar-refractivity contribution < 1.29 is 4.79 Å². The molecule has 0 aliphatic carbocycles. The number of fused-ring (bicyclic) bond motifs is 1. The van der Waals surface area contributed by atoms with Gasteiger partial charge < -0.3 is 5.32 Å². The Morgan fingerprint density at radius 1 is 1.38 bits per heavy atom. The maximum absolute atomic E-state index is 12.1. The van der Waals surface area contributed by atoms with Crippen molar-refractivity contribution in [1.29, 1.82) is 0 Å². The summed E-state index contributed by atoms with van der Waals surface area (Å²) in [6.07, 6.45) is 1.63. The highest BCUT2D eigenvalue weighted by atomic mass is 35.5. The highest BCUT2D eigenvalue weighted by Gasteiger charge is 2.13. The molecule has 0 aliphatic rings. The number of amides is 1. The van der Waals surface area contributed by atoms with E-state index in [1.807, 2.05) is 19.1 Å². The summed E-state index contributed by atoms with van der Waals surface area (Å²) in [5, 5.41) is 7.54. The Labute approximate surface area is 125 Å². The van der Waals surface area contributed by atoms with Gasteiger partial charge in [-0.1, -0.05) is 23.7 Å². The molecule has 106 valence electrons. The van der Waals surface area contributed by atoms with E-state index in [1.54, 1.807) is 24.4 Å². The average Bonchev–Trinajstić information content (AvgIpc) is 2.90. The monoisotopic (exact) mass is 301 g/mol. The van der Waals surface area contributed by atoms with E-state index in [-0.39, 0.29) is 11.7 Å². The summed E-state index contributed by atoms with van der Waals surface area (Å²) in [5.41, 5.74) is 1.77. The van der Waals surface area contributed by atoms with Crippen LogP contribution in [0.5, 0.6) is 0 Å². The number of hydrogen-bond donors (Lipinski definition) is 1. The van der Waals surface area contributed by atoms with E-state index in [9.17, 15) is 4.79 Å². The zero-order valence-electron chi connectivity index (χ0n) is 11.2. The molecule has 0 saturated carbocycles. The van der Waals surface area contributed by atoms with E-state index in [0.717, 1.165) is 11.3 Å². The Morgan fingerprint density at radius 3 is 3.00 bits per heavy atom. The summed E-state index contributed by atoms with van der Waals surface area (Å²) in [4.78, 5) is 20.2. The minimum absolute atomic E-state index is 0.0961. The Hall–Kier alpha value is -2.47. The van der Waals surface area contributed by atoms with Crippen molar-refractivity contribution in [3.05, 3.63) is 58.6 Å². The summed E-state index contributed by atoms with van der Waals surface area (Å²) in [5.74, 6) is 0.154. The second-order valence-electron chi connectivity index (χ2n) is 4.55. The molecule has 0 aliphatic heterocycles. The van der Waals surface area contributed by atoms with Gasteiger partial charge in [-0.25, -0.2) is 9.50 Å². The summed E-state index contributed by atoms with van der Waals surface area (Å²) in [7, 11) is 0. The van der Waals surface area contributed by atoms with Crippen LogP contribution in [-0.4, -0.2) is 25.5 Å². The summed E-state index contributed by atoms with van der Waals surface area (Å²) < 4.78 is 1.54. The van der Waals surface area contributed by atoms with E-state index in [4.69, 9.17) is 11.6 Å². The number of carbonyl (C=O) groups excluding carboxylic acids is 1. The number of halogens is 1. The van der Waals surface area contributed by atoms with E-state index in [1.165, 1.54) is 4.52 Å². The maximum atomic E-state index is 12.1. The number of hydrogen-bond acceptors (Lipinski definition) is 4. The zero-order chi connectivity index (χ0) is 14.8. The van der Waals surface area contributed by atoms with Crippen LogP contribution in [0, 0.1) is 6.92 Å². The highest BCUT2D eigenvalue weighted by molar-refractivity contribution is 6.30. The second-order valence-corrected chi connectivity index (χ2v) is 4.98. The standard InChI is InChI=1S/C14H12ClN5O/c1-9-5-6-16-14-18-12(19-20(9)14)13(21)17-8-10-3-2-4-11(15)7-10/h2-7H,8H2,1H3,(H,17,21). The smallest absolute Gasteiger partial charge is 0.291 e. The van der Waals surface area contributed by atoms with Crippen LogP contribution in [-0.2, 0) is 6.54 Å². The third-order valence-corrected chi connectivity index (χ3v) is 3.21. The van der Waals surface area contributed by atoms with Gasteiger partial charge in [0.25, 0.3) is 11.7 Å². The fourth-order valence-corrected chi connectivity index (χ4v) is 2.12. The van der Waals surface area contributed by atoms with Gasteiger partial charge in [-0.05, 0) is 30.7 Å². The first kappa shape index (κ1) is 13.5. The number of benzene rings is 1. The molecule has 3 aromatic rings. The highest BCUT2D eigenvalue weighted by Crippen LogP contribution is 2.10. The quantitative estimate of drug-likeness (QED) is 0.803. The largest absolute Gasteiger partial charge is 0.345 e. The van der Waals surface area contributed by atoms with Gasteiger partial charge >= 0.3 is 0 Å². The molecule has 7 heteroatoms. The summed E-state index contributed by atoms with van der Waals surface area (Å²) in [6.45, 7) is 2.23. The van der Waals surface area contributed by atoms with Gasteiger partial charge in [0, 0.05) is 23.5 Å². The Bertz CT molecular complexity index is 814. The van der Waals surface area contributed by atoms with E-state index < -0.39 is 0 Å². The lowest BCUT2D eigenvalue weighted by molar-refractivity contribution is 0.0940. The third kappa shape index (κ3) is 2.85. The lowest BCUT2D eigenvalue weighted by atomic mass is 10.2. The summed E-state index contributed by atoms with van der Waals surface area (Å²) >= 11 is 5.90. The Kier molecular flexibility index (Phi) is 3.53. The molecule has 21 heavy (non-hydrogen) atoms. The van der Waals surface area contributed by atoms with Crippen molar-refractivity contribution in [3.63, 3.8) is 0 Å². The van der Waals surface area contributed by atoms with Crippen LogP contribution in [0.4, 0.5) is 0 Å². The van der Waals surface area contributed by atoms with Crippen LogP contribution in [0.2, 0.25) is 5.02 Å². The number of carbonyl (C=O) groups is 1. The molecule has 0 bridgehead atoms. The number of aryl methyl sites for hydroxylation is 1. The van der Waals surface area contributed by atoms with E-state index in [2.05, 4.69) is 20.4 Å². The average molecular weight is 302 g/mol. The molecule has 2 aromatic heterocycles. The minimum Gasteiger partial charge on any atom is -0.345 e. The van der Waals surface area contributed by atoms with Crippen LogP contribution in [0.3, 0.4) is 0 Å². The predicted molar refractivity (Wildman–Crippen MR) is 78.1 cm³/mol. The normalized spacial score (nSPS) is 10.8. The van der Waals surface area contributed by atoms with Gasteiger partial charge in [0.1, 0.15) is 0 Å². The lowest BCUT2D eigenvalue weighted by Crippen LogP contribution is -2.24. The number of rotatable bonds is 3. The van der Waals surface area contributed by atoms with Crippen LogP contribution in [0.1, 0.15) is 21.9 Å². The molecule has 0 radical (unpaired) electrons. The molecule has 1 aromatic carbocycles. The van der Waals surface area contributed by atoms with Crippen molar-refractivity contribution in [1.82, 2.24) is 24.9 Å². The first-order valence-electron chi connectivity index (χ1n) is 6.34. The maximum Gasteiger partial charge on any atom is 0.291 e. The summed E-state index contributed by atoms with van der Waals surface area (Å²) in [6, 6.07) is 9.10. The second kappa shape index (κ2) is 5.49. The van der Waals surface area contributed by atoms with Gasteiger partial charge in [0.15, 0.2) is 0 Å². The van der Waals surface area contributed by atoms with Crippen molar-refractivity contribution >= 4 is 23.3 Å². The SMILES string of the molecule is Cc1ccnc2nc(C(=O)NCc3cccc(Cl)c3)nn12. The molecular weight excluding hydrogens is 290 g/mol. The van der Waals surface area contributed by atoms with Crippen LogP contribution in [0.25, 0.3) is 5.78 Å². The van der Waals surface area contributed by atoms with Gasteiger partial charge in [-0.3, -0.25) is 4.79 Å². The Morgan fingerprint density at radius 2 is 2.24 bits per heavy atom. The van der Waals surface area contributed by atoms with E-state index >= 15 is 0 Å². The Balaban J connectivity index is 1.76. The molecule has 0 spiro atoms. The molecular formula is C14H12ClN5O. The molecule has 0 unspecified atom stereocenters. The third-order valence-electron chi connectivity index (χ3n) is 2.98. The number of nitrogens with zero attached hydrogens (tertiary/aromatic N) is 4. The van der Waals surface area contributed by atoms with Crippen LogP contribution in [0.15, 0.2) is 36.5 Å². The van der Waals surface area contributed by atoms with Crippen LogP contribution < -0.4 is 5.32 Å². The fourth-order valence-electron chi connectivity index (χ4n) is 1.91. The molecule has 6 nitrogen and oxygen atoms in total. The molecule has 3 rings (SSSR count). The van der Waals surface area contributed by atoms with Gasteiger partial charge in [-0.15, -0.1) is 5.10 Å². The van der Waals surface area contributed by atoms with Crippen molar-refractivity contribution in [2.24, 2.45) is 0 Å². The van der Waals surface area contributed by atoms with Gasteiger partial charge in [0.05, 0.1) is 0 Å². The van der Waals surface area contributed by atoms with Crippen molar-refractivity contribution in [2.75, 3.05) is 0 Å². The molecule has 0 fully saturated rings. The molecule has 1 amide bonds. The topological polar surface area (TPSA) is 72.2 Å². The fraction of sp³-hybridized carbons (Fsp3) is 0.143. The zero-order valence-corrected chi connectivity index (χ0v) is 12.0. The first-order chi connectivity index (χ1) is 10.1. The first-order valence-corrected chi connectivity index (χ1v) is 6.72. The number of nitrogens with one attached hydrogen (secondary N) is 1.